The Morgan fingerprint density at radius 2 is 1.90 bits per heavy atom. The van der Waals surface area contributed by atoms with E-state index in [1.54, 1.807) is 4.31 Å². The summed E-state index contributed by atoms with van der Waals surface area (Å²) < 4.78 is 26.9. The third-order valence-electron chi connectivity index (χ3n) is 4.19. The molecule has 3 nitrogen and oxygen atoms in total. The van der Waals surface area contributed by atoms with Crippen molar-refractivity contribution < 1.29 is 8.42 Å². The zero-order valence-corrected chi connectivity index (χ0v) is 14.4. The van der Waals surface area contributed by atoms with Crippen LogP contribution in [0.4, 0.5) is 0 Å². The Morgan fingerprint density at radius 3 is 2.62 bits per heavy atom. The fraction of sp³-hybridized carbons (Fsp3) is 0.625. The van der Waals surface area contributed by atoms with E-state index in [-0.39, 0.29) is 11.2 Å². The predicted octanol–water partition coefficient (Wildman–Crippen LogP) is 3.77. The quantitative estimate of drug-likeness (QED) is 0.788. The lowest BCUT2D eigenvalue weighted by molar-refractivity contribution is 0.314. The van der Waals surface area contributed by atoms with E-state index in [2.05, 4.69) is 13.8 Å². The number of hydrogen-bond acceptors (Lipinski definition) is 2. The molecule has 0 atom stereocenters. The molecule has 5 heteroatoms. The summed E-state index contributed by atoms with van der Waals surface area (Å²) in [5, 5.41) is 0. The maximum Gasteiger partial charge on any atom is 0.218 e. The third kappa shape index (κ3) is 4.70. The van der Waals surface area contributed by atoms with Gasteiger partial charge in [0.1, 0.15) is 0 Å². The summed E-state index contributed by atoms with van der Waals surface area (Å²) >= 11 is 5.81. The second kappa shape index (κ2) is 6.67. The molecule has 0 N–H and O–H groups in total. The van der Waals surface area contributed by atoms with Crippen LogP contribution in [-0.2, 0) is 21.7 Å². The fourth-order valence-corrected chi connectivity index (χ4v) is 4.51. The molecule has 0 aromatic heterocycles. The van der Waals surface area contributed by atoms with Gasteiger partial charge in [0.2, 0.25) is 10.0 Å². The summed E-state index contributed by atoms with van der Waals surface area (Å²) in [5.41, 5.74) is 2.01. The van der Waals surface area contributed by atoms with Crippen molar-refractivity contribution in [1.82, 2.24) is 4.31 Å². The molecular weight excluding hydrogens is 306 g/mol. The van der Waals surface area contributed by atoms with Crippen molar-refractivity contribution in [3.8, 4) is 0 Å². The van der Waals surface area contributed by atoms with E-state index in [1.165, 1.54) is 0 Å². The molecule has 1 aromatic carbocycles. The normalized spacial score (nSPS) is 20.1. The highest BCUT2D eigenvalue weighted by molar-refractivity contribution is 7.88. The molecule has 1 aliphatic heterocycles. The summed E-state index contributed by atoms with van der Waals surface area (Å²) in [6, 6.07) is 7.52. The first kappa shape index (κ1) is 16.8. The topological polar surface area (TPSA) is 37.4 Å². The second-order valence-electron chi connectivity index (χ2n) is 6.63. The van der Waals surface area contributed by atoms with Gasteiger partial charge < -0.3 is 0 Å². The molecule has 1 aliphatic rings. The average molecular weight is 330 g/mol. The Bertz CT molecular complexity index is 584. The maximum atomic E-state index is 12.6. The first-order chi connectivity index (χ1) is 9.82. The zero-order valence-electron chi connectivity index (χ0n) is 12.8. The van der Waals surface area contributed by atoms with Crippen LogP contribution in [0.1, 0.15) is 44.2 Å². The van der Waals surface area contributed by atoms with Crippen molar-refractivity contribution in [3.63, 3.8) is 0 Å². The van der Waals surface area contributed by atoms with Crippen molar-refractivity contribution in [2.45, 2.75) is 44.7 Å². The summed E-state index contributed by atoms with van der Waals surface area (Å²) in [6.45, 7) is 5.70. The molecule has 0 radical (unpaired) electrons. The minimum atomic E-state index is -3.24. The van der Waals surface area contributed by atoms with Crippen molar-refractivity contribution in [2.24, 2.45) is 5.41 Å². The van der Waals surface area contributed by atoms with Gasteiger partial charge in [-0.1, -0.05) is 38.1 Å². The van der Waals surface area contributed by atoms with Crippen LogP contribution in [0, 0.1) is 5.41 Å². The Kier molecular flexibility index (Phi) is 5.33. The molecule has 0 spiro atoms. The lowest BCUT2D eigenvalue weighted by Gasteiger charge is -2.23. The highest BCUT2D eigenvalue weighted by Gasteiger charge is 2.29. The number of sulfonamides is 1. The monoisotopic (exact) mass is 329 g/mol. The first-order valence-electron chi connectivity index (χ1n) is 7.44. The molecule has 0 amide bonds. The zero-order chi connectivity index (χ0) is 15.5. The van der Waals surface area contributed by atoms with E-state index in [9.17, 15) is 8.42 Å². The van der Waals surface area contributed by atoms with Crippen molar-refractivity contribution in [1.29, 1.82) is 0 Å². The van der Waals surface area contributed by atoms with Crippen molar-refractivity contribution in [3.05, 3.63) is 35.4 Å². The Labute approximate surface area is 133 Å². The molecule has 1 aromatic rings. The summed E-state index contributed by atoms with van der Waals surface area (Å²) in [5.74, 6) is 0.476. The van der Waals surface area contributed by atoms with Gasteiger partial charge in [0, 0.05) is 19.0 Å². The average Bonchev–Trinajstić information content (AvgIpc) is 2.60. The van der Waals surface area contributed by atoms with Crippen LogP contribution in [0.3, 0.4) is 0 Å². The molecule has 0 bridgehead atoms. The lowest BCUT2D eigenvalue weighted by atomic mass is 9.85. The third-order valence-corrected chi connectivity index (χ3v) is 6.35. The molecule has 2 rings (SSSR count). The van der Waals surface area contributed by atoms with Gasteiger partial charge >= 0.3 is 0 Å². The van der Waals surface area contributed by atoms with E-state index in [4.69, 9.17) is 11.6 Å². The molecule has 0 unspecified atom stereocenters. The summed E-state index contributed by atoms with van der Waals surface area (Å²) in [6.07, 6.45) is 2.95. The van der Waals surface area contributed by atoms with Crippen molar-refractivity contribution >= 4 is 21.6 Å². The van der Waals surface area contributed by atoms with Gasteiger partial charge in [0.05, 0.1) is 5.75 Å². The summed E-state index contributed by atoms with van der Waals surface area (Å²) in [7, 11) is -3.24. The van der Waals surface area contributed by atoms with E-state index in [0.717, 1.165) is 30.4 Å². The molecule has 1 saturated heterocycles. The largest absolute Gasteiger partial charge is 0.218 e. The predicted molar refractivity (Wildman–Crippen MR) is 87.8 cm³/mol. The van der Waals surface area contributed by atoms with E-state index >= 15 is 0 Å². The van der Waals surface area contributed by atoms with Gasteiger partial charge in [-0.3, -0.25) is 0 Å². The second-order valence-corrected chi connectivity index (χ2v) is 8.86. The van der Waals surface area contributed by atoms with Gasteiger partial charge in [-0.15, -0.1) is 11.6 Å². The minimum absolute atomic E-state index is 0.0676. The van der Waals surface area contributed by atoms with Gasteiger partial charge in [-0.05, 0) is 35.8 Å². The smallest absolute Gasteiger partial charge is 0.212 e. The molecule has 118 valence electrons. The number of rotatable bonds is 4. The number of nitrogens with zero attached hydrogens (tertiary/aromatic N) is 1. The Balaban J connectivity index is 2.10. The van der Waals surface area contributed by atoms with Crippen LogP contribution in [0.2, 0.25) is 0 Å². The fourth-order valence-electron chi connectivity index (χ4n) is 2.78. The van der Waals surface area contributed by atoms with E-state index in [0.29, 0.717) is 19.0 Å². The minimum Gasteiger partial charge on any atom is -0.212 e. The number of alkyl halides is 1. The molecule has 1 fully saturated rings. The standard InChI is InChI=1S/C16H24ClNO2S/c1-16(2)7-4-9-18(10-8-16)21(19,20)13-15-6-3-5-14(11-15)12-17/h3,5-6,11H,4,7-10,12-13H2,1-2H3. The molecule has 0 aliphatic carbocycles. The van der Waals surface area contributed by atoms with Crippen molar-refractivity contribution in [2.75, 3.05) is 13.1 Å². The SMILES string of the molecule is CC1(C)CCCN(S(=O)(=O)Cc2cccc(CCl)c2)CC1. The number of benzene rings is 1. The Morgan fingerprint density at radius 1 is 1.19 bits per heavy atom. The highest BCUT2D eigenvalue weighted by Crippen LogP contribution is 2.31. The number of hydrogen-bond donors (Lipinski definition) is 0. The number of halogens is 1. The Hall–Kier alpha value is -0.580. The summed E-state index contributed by atoms with van der Waals surface area (Å²) in [4.78, 5) is 0. The molecular formula is C16H24ClNO2S. The van der Waals surface area contributed by atoms with Gasteiger partial charge in [0.25, 0.3) is 0 Å². The van der Waals surface area contributed by atoms with Crippen LogP contribution in [0.15, 0.2) is 24.3 Å². The van der Waals surface area contributed by atoms with E-state index < -0.39 is 10.0 Å². The highest BCUT2D eigenvalue weighted by atomic mass is 35.5. The van der Waals surface area contributed by atoms with Gasteiger partial charge in [-0.25, -0.2) is 12.7 Å². The molecule has 0 saturated carbocycles. The van der Waals surface area contributed by atoms with Crippen LogP contribution < -0.4 is 0 Å². The van der Waals surface area contributed by atoms with Crippen LogP contribution in [-0.4, -0.2) is 25.8 Å². The molecule has 21 heavy (non-hydrogen) atoms. The first-order valence-corrected chi connectivity index (χ1v) is 9.58. The molecule has 1 heterocycles. The maximum absolute atomic E-state index is 12.6. The van der Waals surface area contributed by atoms with Gasteiger partial charge in [0.15, 0.2) is 0 Å². The van der Waals surface area contributed by atoms with E-state index in [1.807, 2.05) is 24.3 Å². The van der Waals surface area contributed by atoms with Crippen LogP contribution in [0.25, 0.3) is 0 Å². The van der Waals surface area contributed by atoms with Crippen LogP contribution in [0.5, 0.6) is 0 Å². The van der Waals surface area contributed by atoms with Gasteiger partial charge in [-0.2, -0.15) is 0 Å². The van der Waals surface area contributed by atoms with Crippen LogP contribution >= 0.6 is 11.6 Å². The lowest BCUT2D eigenvalue weighted by Crippen LogP contribution is -2.33.